The Morgan fingerprint density at radius 1 is 1.45 bits per heavy atom. The second-order valence-corrected chi connectivity index (χ2v) is 6.86. The minimum Gasteiger partial charge on any atom is -0.465 e. The third kappa shape index (κ3) is 3.10. The maximum absolute atomic E-state index is 11.4. The smallest absolute Gasteiger partial charge is 0.319 e. The van der Waals surface area contributed by atoms with Crippen molar-refractivity contribution in [3.05, 3.63) is 29.8 Å². The zero-order valence-corrected chi connectivity index (χ0v) is 12.5. The molecule has 1 saturated heterocycles. The van der Waals surface area contributed by atoms with E-state index in [1.807, 2.05) is 31.2 Å². The van der Waals surface area contributed by atoms with Gasteiger partial charge in [0.15, 0.2) is 4.34 Å². The molecule has 0 unspecified atom stereocenters. The maximum Gasteiger partial charge on any atom is 0.319 e. The van der Waals surface area contributed by atoms with Crippen molar-refractivity contribution in [3.63, 3.8) is 0 Å². The van der Waals surface area contributed by atoms with Gasteiger partial charge in [-0.15, -0.1) is 10.2 Å². The summed E-state index contributed by atoms with van der Waals surface area (Å²) in [6.07, 6.45) is 0.740. The summed E-state index contributed by atoms with van der Waals surface area (Å²) in [5.74, 6) is -0.154. The van der Waals surface area contributed by atoms with Gasteiger partial charge in [0.25, 0.3) is 0 Å². The minimum absolute atomic E-state index is 0.144. The van der Waals surface area contributed by atoms with Crippen LogP contribution in [0.4, 0.5) is 10.8 Å². The summed E-state index contributed by atoms with van der Waals surface area (Å²) >= 11 is 2.87. The van der Waals surface area contributed by atoms with E-state index in [2.05, 4.69) is 15.5 Å². The second kappa shape index (κ2) is 5.80. The quantitative estimate of drug-likeness (QED) is 0.876. The average molecular weight is 307 g/mol. The highest BCUT2D eigenvalue weighted by molar-refractivity contribution is 8.02. The van der Waals surface area contributed by atoms with Gasteiger partial charge in [-0.1, -0.05) is 35.2 Å². The molecule has 1 aromatic carbocycles. The van der Waals surface area contributed by atoms with Gasteiger partial charge in [-0.05, 0) is 24.6 Å². The monoisotopic (exact) mass is 307 g/mol. The van der Waals surface area contributed by atoms with Gasteiger partial charge in [-0.2, -0.15) is 0 Å². The fourth-order valence-electron chi connectivity index (χ4n) is 1.86. The van der Waals surface area contributed by atoms with E-state index in [0.29, 0.717) is 6.61 Å². The molecular weight excluding hydrogens is 294 g/mol. The number of aryl methyl sites for hydroxylation is 1. The number of benzene rings is 1. The maximum atomic E-state index is 11.4. The number of esters is 1. The number of hydrogen-bond donors (Lipinski definition) is 1. The number of carbonyl (C=O) groups excluding carboxylic acids is 1. The van der Waals surface area contributed by atoms with Gasteiger partial charge < -0.3 is 10.1 Å². The number of carbonyl (C=O) groups is 1. The number of aromatic nitrogens is 2. The van der Waals surface area contributed by atoms with E-state index >= 15 is 0 Å². The van der Waals surface area contributed by atoms with E-state index in [9.17, 15) is 4.79 Å². The van der Waals surface area contributed by atoms with E-state index in [-0.39, 0.29) is 11.2 Å². The van der Waals surface area contributed by atoms with Crippen LogP contribution in [0.5, 0.6) is 0 Å². The van der Waals surface area contributed by atoms with Crippen LogP contribution in [-0.4, -0.2) is 28.0 Å². The fraction of sp³-hybridized carbons (Fsp3) is 0.308. The lowest BCUT2D eigenvalue weighted by Gasteiger charge is -2.02. The van der Waals surface area contributed by atoms with Gasteiger partial charge in [0, 0.05) is 12.1 Å². The van der Waals surface area contributed by atoms with E-state index in [1.54, 1.807) is 0 Å². The average Bonchev–Trinajstić information content (AvgIpc) is 3.01. The molecule has 1 fully saturated rings. The molecule has 1 aliphatic heterocycles. The molecule has 0 radical (unpaired) electrons. The van der Waals surface area contributed by atoms with Crippen LogP contribution in [-0.2, 0) is 9.53 Å². The number of hydrogen-bond acceptors (Lipinski definition) is 7. The number of thioether (sulfide) groups is 1. The van der Waals surface area contributed by atoms with Crippen molar-refractivity contribution in [2.24, 2.45) is 0 Å². The lowest BCUT2D eigenvalue weighted by molar-refractivity contribution is -0.137. The molecule has 1 N–H and O–H groups in total. The predicted octanol–water partition coefficient (Wildman–Crippen LogP) is 3.00. The predicted molar refractivity (Wildman–Crippen MR) is 79.6 cm³/mol. The summed E-state index contributed by atoms with van der Waals surface area (Å²) in [7, 11) is 0. The lowest BCUT2D eigenvalue weighted by Crippen LogP contribution is -2.08. The molecule has 0 bridgehead atoms. The Morgan fingerprint density at radius 3 is 3.10 bits per heavy atom. The Labute approximate surface area is 124 Å². The third-order valence-corrected chi connectivity index (χ3v) is 4.97. The van der Waals surface area contributed by atoms with Gasteiger partial charge in [-0.3, -0.25) is 4.79 Å². The lowest BCUT2D eigenvalue weighted by atomic mass is 10.2. The molecular formula is C13H13N3O2S2. The second-order valence-electron chi connectivity index (χ2n) is 4.43. The first kappa shape index (κ1) is 13.4. The summed E-state index contributed by atoms with van der Waals surface area (Å²) in [4.78, 5) is 11.4. The van der Waals surface area contributed by atoms with Crippen LogP contribution in [0.25, 0.3) is 0 Å². The number of nitrogens with one attached hydrogen (secondary N) is 1. The van der Waals surface area contributed by atoms with Crippen molar-refractivity contribution >= 4 is 39.9 Å². The highest BCUT2D eigenvalue weighted by Crippen LogP contribution is 2.33. The van der Waals surface area contributed by atoms with Crippen LogP contribution in [0.3, 0.4) is 0 Å². The van der Waals surface area contributed by atoms with E-state index in [4.69, 9.17) is 4.74 Å². The van der Waals surface area contributed by atoms with Crippen molar-refractivity contribution in [3.8, 4) is 0 Å². The van der Waals surface area contributed by atoms with Crippen LogP contribution in [0.15, 0.2) is 28.6 Å². The van der Waals surface area contributed by atoms with Crippen molar-refractivity contribution in [1.82, 2.24) is 10.2 Å². The van der Waals surface area contributed by atoms with Crippen LogP contribution >= 0.6 is 23.1 Å². The van der Waals surface area contributed by atoms with Crippen molar-refractivity contribution in [2.75, 3.05) is 11.9 Å². The van der Waals surface area contributed by atoms with E-state index < -0.39 is 0 Å². The van der Waals surface area contributed by atoms with Gasteiger partial charge in [0.05, 0.1) is 6.61 Å². The molecule has 0 spiro atoms. The zero-order valence-electron chi connectivity index (χ0n) is 10.8. The van der Waals surface area contributed by atoms with Crippen LogP contribution in [0.1, 0.15) is 12.0 Å². The molecule has 0 aliphatic carbocycles. The molecule has 1 atom stereocenters. The fourth-order valence-corrected chi connectivity index (χ4v) is 3.85. The van der Waals surface area contributed by atoms with E-state index in [0.717, 1.165) is 21.6 Å². The molecule has 104 valence electrons. The van der Waals surface area contributed by atoms with Crippen LogP contribution in [0.2, 0.25) is 0 Å². The van der Waals surface area contributed by atoms with E-state index in [1.165, 1.54) is 28.7 Å². The topological polar surface area (TPSA) is 64.1 Å². The first-order valence-corrected chi connectivity index (χ1v) is 7.91. The SMILES string of the molecule is Cc1cccc(Nc2nnc(S[C@@H]3CCOC3=O)s2)c1. The molecule has 20 heavy (non-hydrogen) atoms. The van der Waals surface area contributed by atoms with Crippen LogP contribution in [0, 0.1) is 6.92 Å². The Bertz CT molecular complexity index is 630. The minimum atomic E-state index is -0.154. The van der Waals surface area contributed by atoms with Crippen molar-refractivity contribution < 1.29 is 9.53 Å². The van der Waals surface area contributed by atoms with Crippen molar-refractivity contribution in [2.45, 2.75) is 22.9 Å². The number of rotatable bonds is 4. The highest BCUT2D eigenvalue weighted by Gasteiger charge is 2.28. The largest absolute Gasteiger partial charge is 0.465 e. The normalized spacial score (nSPS) is 18.1. The number of ether oxygens (including phenoxy) is 1. The summed E-state index contributed by atoms with van der Waals surface area (Å²) in [5, 5.41) is 12.0. The molecule has 3 rings (SSSR count). The summed E-state index contributed by atoms with van der Waals surface area (Å²) in [5.41, 5.74) is 2.17. The summed E-state index contributed by atoms with van der Waals surface area (Å²) in [6.45, 7) is 2.54. The zero-order chi connectivity index (χ0) is 13.9. The van der Waals surface area contributed by atoms with Crippen LogP contribution < -0.4 is 5.32 Å². The van der Waals surface area contributed by atoms with Gasteiger partial charge >= 0.3 is 5.97 Å². The van der Waals surface area contributed by atoms with Gasteiger partial charge in [0.1, 0.15) is 5.25 Å². The molecule has 1 aliphatic rings. The Kier molecular flexibility index (Phi) is 3.88. The molecule has 2 aromatic rings. The number of cyclic esters (lactones) is 1. The first-order chi connectivity index (χ1) is 9.70. The molecule has 1 aromatic heterocycles. The van der Waals surface area contributed by atoms with Crippen molar-refractivity contribution in [1.29, 1.82) is 0 Å². The first-order valence-electron chi connectivity index (χ1n) is 6.21. The molecule has 0 amide bonds. The Balaban J connectivity index is 1.66. The molecule has 2 heterocycles. The Morgan fingerprint density at radius 2 is 2.35 bits per heavy atom. The highest BCUT2D eigenvalue weighted by atomic mass is 32.2. The number of anilines is 2. The third-order valence-electron chi connectivity index (χ3n) is 2.81. The molecule has 5 nitrogen and oxygen atoms in total. The summed E-state index contributed by atoms with van der Waals surface area (Å²) in [6, 6.07) is 8.05. The molecule has 7 heteroatoms. The standard InChI is InChI=1S/C13H13N3O2S2/c1-8-3-2-4-9(7-8)14-12-15-16-13(20-12)19-10-5-6-18-11(10)17/h2-4,7,10H,5-6H2,1H3,(H,14,15)/t10-/m1/s1. The molecule has 0 saturated carbocycles. The van der Waals surface area contributed by atoms with Gasteiger partial charge in [-0.25, -0.2) is 0 Å². The van der Waals surface area contributed by atoms with Gasteiger partial charge in [0.2, 0.25) is 5.13 Å². The Hall–Kier alpha value is -1.60. The summed E-state index contributed by atoms with van der Waals surface area (Å²) < 4.78 is 5.72. The number of nitrogens with zero attached hydrogens (tertiary/aromatic N) is 2.